The molecule has 0 amide bonds. The molecule has 2 aromatic heterocycles. The van der Waals surface area contributed by atoms with Crippen LogP contribution in [-0.4, -0.2) is 23.3 Å². The maximum atomic E-state index is 5.76. The van der Waals surface area contributed by atoms with Crippen molar-refractivity contribution < 1.29 is 13.9 Å². The van der Waals surface area contributed by atoms with Gasteiger partial charge in [-0.05, 0) is 19.1 Å². The molecule has 114 valence electrons. The van der Waals surface area contributed by atoms with Gasteiger partial charge in [-0.15, -0.1) is 0 Å². The molecule has 3 rings (SSSR count). The van der Waals surface area contributed by atoms with E-state index in [1.165, 1.54) is 0 Å². The summed E-state index contributed by atoms with van der Waals surface area (Å²) in [6.45, 7) is 3.20. The second kappa shape index (κ2) is 6.39. The molecule has 5 heteroatoms. The summed E-state index contributed by atoms with van der Waals surface area (Å²) in [5.41, 5.74) is 2.00. The van der Waals surface area contributed by atoms with Gasteiger partial charge < -0.3 is 18.5 Å². The lowest BCUT2D eigenvalue weighted by Crippen LogP contribution is -2.05. The Balaban J connectivity index is 1.96. The summed E-state index contributed by atoms with van der Waals surface area (Å²) in [7, 11) is 1.65. The number of hydrogen-bond donors (Lipinski definition) is 0. The lowest BCUT2D eigenvalue weighted by Gasteiger charge is -2.15. The number of imidazole rings is 1. The average molecular weight is 298 g/mol. The molecule has 0 spiro atoms. The minimum absolute atomic E-state index is 0.589. The molecule has 0 saturated heterocycles. The molecule has 5 nitrogen and oxygen atoms in total. The number of methoxy groups -OCH3 is 1. The predicted octanol–water partition coefficient (Wildman–Crippen LogP) is 3.60. The molecule has 0 aliphatic carbocycles. The lowest BCUT2D eigenvalue weighted by molar-refractivity contribution is 0.307. The number of furan rings is 1. The molecule has 2 heterocycles. The molecule has 0 aliphatic heterocycles. The monoisotopic (exact) mass is 298 g/mol. The summed E-state index contributed by atoms with van der Waals surface area (Å²) in [4.78, 5) is 4.40. The van der Waals surface area contributed by atoms with E-state index in [1.807, 2.05) is 37.4 Å². The highest BCUT2D eigenvalue weighted by Crippen LogP contribution is 2.32. The fourth-order valence-corrected chi connectivity index (χ4v) is 2.43. The number of aromatic nitrogens is 2. The second-order valence-corrected chi connectivity index (χ2v) is 4.77. The molecule has 0 unspecified atom stereocenters. The highest BCUT2D eigenvalue weighted by molar-refractivity contribution is 5.54. The number of benzene rings is 1. The Morgan fingerprint density at radius 1 is 1.27 bits per heavy atom. The number of nitrogens with zero attached hydrogens (tertiary/aromatic N) is 2. The summed E-state index contributed by atoms with van der Waals surface area (Å²) in [5, 5.41) is 0. The van der Waals surface area contributed by atoms with Crippen LogP contribution in [0.25, 0.3) is 11.4 Å². The van der Waals surface area contributed by atoms with Crippen molar-refractivity contribution in [3.05, 3.63) is 54.7 Å². The molecule has 0 fully saturated rings. The van der Waals surface area contributed by atoms with Crippen molar-refractivity contribution in [2.24, 2.45) is 0 Å². The van der Waals surface area contributed by atoms with Crippen molar-refractivity contribution in [2.75, 3.05) is 13.7 Å². The van der Waals surface area contributed by atoms with Gasteiger partial charge in [0, 0.05) is 18.0 Å². The summed E-state index contributed by atoms with van der Waals surface area (Å²) in [5.74, 6) is 2.38. The Labute approximate surface area is 129 Å². The maximum absolute atomic E-state index is 5.76. The first-order valence-electron chi connectivity index (χ1n) is 7.16. The van der Waals surface area contributed by atoms with Crippen molar-refractivity contribution in [1.29, 1.82) is 0 Å². The van der Waals surface area contributed by atoms with Crippen LogP contribution < -0.4 is 9.47 Å². The Hall–Kier alpha value is -2.69. The van der Waals surface area contributed by atoms with Crippen LogP contribution in [0.4, 0.5) is 0 Å². The van der Waals surface area contributed by atoms with Crippen LogP contribution in [0.2, 0.25) is 0 Å². The van der Waals surface area contributed by atoms with Crippen LogP contribution in [0.5, 0.6) is 11.5 Å². The highest BCUT2D eigenvalue weighted by atomic mass is 16.5. The molecule has 3 aromatic rings. The molecule has 0 aliphatic rings. The van der Waals surface area contributed by atoms with Gasteiger partial charge in [-0.2, -0.15) is 0 Å². The third kappa shape index (κ3) is 2.70. The van der Waals surface area contributed by atoms with E-state index >= 15 is 0 Å². The molecular formula is C17H18N2O3. The van der Waals surface area contributed by atoms with Gasteiger partial charge in [0.15, 0.2) is 11.5 Å². The zero-order valence-electron chi connectivity index (χ0n) is 12.7. The minimum atomic E-state index is 0.589. The summed E-state index contributed by atoms with van der Waals surface area (Å²) in [6, 6.07) is 7.80. The first kappa shape index (κ1) is 14.3. The third-order valence-electron chi connectivity index (χ3n) is 3.40. The van der Waals surface area contributed by atoms with Crippen LogP contribution in [0.15, 0.2) is 53.6 Å². The number of ether oxygens (including phenoxy) is 2. The van der Waals surface area contributed by atoms with Crippen molar-refractivity contribution >= 4 is 0 Å². The normalized spacial score (nSPS) is 10.6. The zero-order chi connectivity index (χ0) is 15.4. The van der Waals surface area contributed by atoms with Gasteiger partial charge >= 0.3 is 0 Å². The molecule has 0 saturated carbocycles. The minimum Gasteiger partial charge on any atom is -0.493 e. The molecule has 0 bridgehead atoms. The number of hydrogen-bond acceptors (Lipinski definition) is 4. The summed E-state index contributed by atoms with van der Waals surface area (Å²) in [6.07, 6.45) is 7.06. The standard InChI is InChI=1S/C17H18N2O3/c1-3-22-16-13(5-4-6-15(16)20-2)11-19-9-8-18-17(19)14-7-10-21-12-14/h4-10,12H,3,11H2,1-2H3. The largest absolute Gasteiger partial charge is 0.493 e. The van der Waals surface area contributed by atoms with Gasteiger partial charge in [0.05, 0.1) is 32.1 Å². The van der Waals surface area contributed by atoms with E-state index in [2.05, 4.69) is 9.55 Å². The SMILES string of the molecule is CCOc1c(Cn2ccnc2-c2ccoc2)cccc1OC. The molecule has 0 N–H and O–H groups in total. The zero-order valence-corrected chi connectivity index (χ0v) is 12.7. The van der Waals surface area contributed by atoms with E-state index < -0.39 is 0 Å². The predicted molar refractivity (Wildman–Crippen MR) is 83.2 cm³/mol. The van der Waals surface area contributed by atoms with Gasteiger partial charge in [0.1, 0.15) is 12.1 Å². The first-order valence-corrected chi connectivity index (χ1v) is 7.16. The average Bonchev–Trinajstić information content (AvgIpc) is 3.20. The molecule has 1 aromatic carbocycles. The van der Waals surface area contributed by atoms with E-state index in [1.54, 1.807) is 25.8 Å². The fourth-order valence-electron chi connectivity index (χ4n) is 2.43. The van der Waals surface area contributed by atoms with Gasteiger partial charge in [-0.25, -0.2) is 4.98 Å². The third-order valence-corrected chi connectivity index (χ3v) is 3.40. The molecule has 0 atom stereocenters. The molecule has 22 heavy (non-hydrogen) atoms. The van der Waals surface area contributed by atoms with E-state index in [4.69, 9.17) is 13.9 Å². The Morgan fingerprint density at radius 3 is 2.91 bits per heavy atom. The quantitative estimate of drug-likeness (QED) is 0.697. The topological polar surface area (TPSA) is 49.4 Å². The first-order chi connectivity index (χ1) is 10.8. The molecule has 0 radical (unpaired) electrons. The van der Waals surface area contributed by atoms with Crippen LogP contribution in [0.1, 0.15) is 12.5 Å². The van der Waals surface area contributed by atoms with Crippen LogP contribution in [0, 0.1) is 0 Å². The van der Waals surface area contributed by atoms with Gasteiger partial charge in [-0.1, -0.05) is 12.1 Å². The summed E-state index contributed by atoms with van der Waals surface area (Å²) < 4.78 is 18.4. The van der Waals surface area contributed by atoms with Crippen molar-refractivity contribution in [3.63, 3.8) is 0 Å². The van der Waals surface area contributed by atoms with E-state index in [9.17, 15) is 0 Å². The Bertz CT molecular complexity index is 732. The lowest BCUT2D eigenvalue weighted by atomic mass is 10.1. The van der Waals surface area contributed by atoms with Crippen molar-refractivity contribution in [3.8, 4) is 22.9 Å². The highest BCUT2D eigenvalue weighted by Gasteiger charge is 2.13. The second-order valence-electron chi connectivity index (χ2n) is 4.77. The van der Waals surface area contributed by atoms with E-state index in [-0.39, 0.29) is 0 Å². The van der Waals surface area contributed by atoms with Crippen molar-refractivity contribution in [2.45, 2.75) is 13.5 Å². The fraction of sp³-hybridized carbons (Fsp3) is 0.235. The van der Waals surface area contributed by atoms with Crippen LogP contribution in [-0.2, 0) is 6.54 Å². The van der Waals surface area contributed by atoms with E-state index in [0.29, 0.717) is 13.2 Å². The molecular weight excluding hydrogens is 280 g/mol. The summed E-state index contributed by atoms with van der Waals surface area (Å²) >= 11 is 0. The Morgan fingerprint density at radius 2 is 2.18 bits per heavy atom. The van der Waals surface area contributed by atoms with Gasteiger partial charge in [0.2, 0.25) is 0 Å². The van der Waals surface area contributed by atoms with Crippen LogP contribution in [0.3, 0.4) is 0 Å². The van der Waals surface area contributed by atoms with Crippen molar-refractivity contribution in [1.82, 2.24) is 9.55 Å². The van der Waals surface area contributed by atoms with Gasteiger partial charge in [0.25, 0.3) is 0 Å². The maximum Gasteiger partial charge on any atom is 0.166 e. The number of para-hydroxylation sites is 1. The Kier molecular flexibility index (Phi) is 4.14. The van der Waals surface area contributed by atoms with Gasteiger partial charge in [-0.3, -0.25) is 0 Å². The smallest absolute Gasteiger partial charge is 0.166 e. The van der Waals surface area contributed by atoms with E-state index in [0.717, 1.165) is 28.5 Å². The number of rotatable bonds is 6. The van der Waals surface area contributed by atoms with Crippen LogP contribution >= 0.6 is 0 Å².